The predicted molar refractivity (Wildman–Crippen MR) is 195 cm³/mol. The molecule has 0 bridgehead atoms. The number of nitrogens with zero attached hydrogens (tertiary/aromatic N) is 1. The Morgan fingerprint density at radius 1 is 0.868 bits per heavy atom. The van der Waals surface area contributed by atoms with Gasteiger partial charge in [0.25, 0.3) is 0 Å². The highest BCUT2D eigenvalue weighted by atomic mass is 32.2. The number of hydrogen-bond acceptors (Lipinski definition) is 11. The van der Waals surface area contributed by atoms with Crippen LogP contribution in [-0.4, -0.2) is 137 Å². The third-order valence-corrected chi connectivity index (χ3v) is 9.07. The summed E-state index contributed by atoms with van der Waals surface area (Å²) in [5.74, 6) is -6.09. The summed E-state index contributed by atoms with van der Waals surface area (Å²) in [6.45, 7) is 3.24. The molecule has 1 saturated heterocycles. The molecule has 6 unspecified atom stereocenters. The fourth-order valence-corrected chi connectivity index (χ4v) is 5.91. The summed E-state index contributed by atoms with van der Waals surface area (Å²) < 4.78 is 0. The van der Waals surface area contributed by atoms with Crippen LogP contribution in [0.15, 0.2) is 30.3 Å². The lowest BCUT2D eigenvalue weighted by Crippen LogP contribution is -2.60. The zero-order valence-electron chi connectivity index (χ0n) is 30.4. The van der Waals surface area contributed by atoms with Crippen LogP contribution in [0.2, 0.25) is 0 Å². The van der Waals surface area contributed by atoms with E-state index in [1.165, 1.54) is 23.6 Å². The number of likely N-dealkylation sites (tertiary alicyclic amines) is 1. The smallest absolute Gasteiger partial charge is 0.325 e. The number of carboxylic acid groups (broad SMARTS) is 1. The fraction of sp³-hybridized carbons (Fsp3) is 0.588. The highest BCUT2D eigenvalue weighted by Crippen LogP contribution is 2.20. The molecule has 1 aliphatic rings. The molecule has 6 atom stereocenters. The number of carbonyl (C=O) groups is 8. The molecule has 0 aliphatic carbocycles. The molecular formula is C34H52N8O10S. The molecule has 18 nitrogen and oxygen atoms in total. The Morgan fingerprint density at radius 2 is 1.51 bits per heavy atom. The number of rotatable bonds is 21. The van der Waals surface area contributed by atoms with Crippen molar-refractivity contribution >= 4 is 59.1 Å². The van der Waals surface area contributed by atoms with Crippen molar-refractivity contribution in [3.8, 4) is 0 Å². The summed E-state index contributed by atoms with van der Waals surface area (Å²) in [5, 5.41) is 34.1. The lowest BCUT2D eigenvalue weighted by Gasteiger charge is -2.31. The predicted octanol–water partition coefficient (Wildman–Crippen LogP) is -2.78. The Morgan fingerprint density at radius 3 is 2.09 bits per heavy atom. The van der Waals surface area contributed by atoms with Crippen molar-refractivity contribution in [1.29, 1.82) is 0 Å². The Balaban J connectivity index is 2.24. The van der Waals surface area contributed by atoms with Crippen LogP contribution >= 0.6 is 11.8 Å². The van der Waals surface area contributed by atoms with Crippen molar-refractivity contribution in [2.45, 2.75) is 82.7 Å². The summed E-state index contributed by atoms with van der Waals surface area (Å²) in [7, 11) is 0. The second-order valence-electron chi connectivity index (χ2n) is 12.9. The van der Waals surface area contributed by atoms with E-state index in [1.54, 1.807) is 50.4 Å². The highest BCUT2D eigenvalue weighted by Gasteiger charge is 2.40. The zero-order valence-corrected chi connectivity index (χ0v) is 31.2. The van der Waals surface area contributed by atoms with Gasteiger partial charge in [-0.2, -0.15) is 11.8 Å². The number of nitrogens with one attached hydrogen (secondary N) is 6. The summed E-state index contributed by atoms with van der Waals surface area (Å²) in [5.41, 5.74) is 5.97. The van der Waals surface area contributed by atoms with Crippen LogP contribution in [0, 0.1) is 5.92 Å². The minimum Gasteiger partial charge on any atom is -0.480 e. The molecule has 0 saturated carbocycles. The van der Waals surface area contributed by atoms with E-state index in [0.717, 1.165) is 0 Å². The van der Waals surface area contributed by atoms with Crippen LogP contribution in [0.5, 0.6) is 0 Å². The van der Waals surface area contributed by atoms with Crippen LogP contribution in [0.1, 0.15) is 45.6 Å². The number of thioether (sulfide) groups is 1. The van der Waals surface area contributed by atoms with Gasteiger partial charge in [0.05, 0.1) is 19.7 Å². The molecule has 0 aromatic heterocycles. The van der Waals surface area contributed by atoms with Gasteiger partial charge in [0.2, 0.25) is 41.4 Å². The first kappa shape index (κ1) is 44.4. The monoisotopic (exact) mass is 764 g/mol. The van der Waals surface area contributed by atoms with Gasteiger partial charge in [-0.15, -0.1) is 0 Å². The number of amides is 7. The molecule has 1 aromatic carbocycles. The van der Waals surface area contributed by atoms with E-state index >= 15 is 0 Å². The van der Waals surface area contributed by atoms with Crippen molar-refractivity contribution in [1.82, 2.24) is 36.8 Å². The van der Waals surface area contributed by atoms with Crippen LogP contribution in [-0.2, 0) is 44.8 Å². The number of aliphatic carboxylic acids is 1. The average Bonchev–Trinajstić information content (AvgIpc) is 3.63. The van der Waals surface area contributed by atoms with E-state index in [1.807, 2.05) is 0 Å². The Labute approximate surface area is 312 Å². The maximum absolute atomic E-state index is 14.1. The van der Waals surface area contributed by atoms with Gasteiger partial charge in [-0.05, 0) is 49.7 Å². The molecule has 1 aromatic rings. The molecule has 2 rings (SSSR count). The molecule has 1 heterocycles. The van der Waals surface area contributed by atoms with E-state index in [4.69, 9.17) is 10.8 Å². The van der Waals surface area contributed by atoms with Crippen molar-refractivity contribution in [3.05, 3.63) is 35.9 Å². The van der Waals surface area contributed by atoms with E-state index in [9.17, 15) is 43.5 Å². The van der Waals surface area contributed by atoms with Crippen LogP contribution in [0.4, 0.5) is 0 Å². The maximum atomic E-state index is 14.1. The molecule has 1 aliphatic heterocycles. The molecule has 19 heteroatoms. The van der Waals surface area contributed by atoms with Crippen molar-refractivity contribution in [2.75, 3.05) is 38.2 Å². The van der Waals surface area contributed by atoms with Gasteiger partial charge in [-0.1, -0.05) is 44.2 Å². The van der Waals surface area contributed by atoms with Gasteiger partial charge in [0.15, 0.2) is 0 Å². The topological polar surface area (TPSA) is 278 Å². The van der Waals surface area contributed by atoms with E-state index in [-0.39, 0.29) is 32.4 Å². The number of hydrogen-bond donors (Lipinski definition) is 9. The third kappa shape index (κ3) is 14.3. The standard InChI is InChI=1S/C34H52N8O10S/c1-19(2)28(41-27(45)17-36-26(44)16-35)32(49)39-23(15-21-9-6-5-7-10-21)33(50)42-13-8-11-25(42)31(48)40-24(18-43)30(47)38-22(12-14-53-4)29(46)37-20(3)34(51)52/h5-7,9-10,19-20,22-25,28,43H,8,11-18,35H2,1-4H3,(H,36,44)(H,37,46)(H,38,47)(H,39,49)(H,40,48)(H,41,45)(H,51,52). The lowest BCUT2D eigenvalue weighted by molar-refractivity contribution is -0.143. The minimum atomic E-state index is -1.51. The van der Waals surface area contributed by atoms with Gasteiger partial charge in [0, 0.05) is 13.0 Å². The second-order valence-corrected chi connectivity index (χ2v) is 13.9. The van der Waals surface area contributed by atoms with Crippen LogP contribution in [0.3, 0.4) is 0 Å². The number of nitrogens with two attached hydrogens (primary N) is 1. The van der Waals surface area contributed by atoms with E-state index in [0.29, 0.717) is 17.7 Å². The second kappa shape index (κ2) is 22.3. The van der Waals surface area contributed by atoms with Crippen LogP contribution in [0.25, 0.3) is 0 Å². The molecule has 1 fully saturated rings. The van der Waals surface area contributed by atoms with Gasteiger partial charge in [-0.25, -0.2) is 0 Å². The first-order valence-corrected chi connectivity index (χ1v) is 18.7. The quantitative estimate of drug-likeness (QED) is 0.0615. The Bertz CT molecular complexity index is 1450. The number of carbonyl (C=O) groups excluding carboxylic acids is 7. The summed E-state index contributed by atoms with van der Waals surface area (Å²) >= 11 is 1.39. The highest BCUT2D eigenvalue weighted by molar-refractivity contribution is 7.98. The fourth-order valence-electron chi connectivity index (χ4n) is 5.44. The summed E-state index contributed by atoms with van der Waals surface area (Å²) in [4.78, 5) is 104. The molecule has 294 valence electrons. The van der Waals surface area contributed by atoms with Crippen molar-refractivity contribution in [2.24, 2.45) is 11.7 Å². The third-order valence-electron chi connectivity index (χ3n) is 8.42. The van der Waals surface area contributed by atoms with E-state index < -0.39 is 103 Å². The van der Waals surface area contributed by atoms with E-state index in [2.05, 4.69) is 31.9 Å². The maximum Gasteiger partial charge on any atom is 0.325 e. The SMILES string of the molecule is CSCCC(NC(=O)C(CO)NC(=O)C1CCCN1C(=O)C(Cc1ccccc1)NC(=O)C(NC(=O)CNC(=O)CN)C(C)C)C(=O)NC(C)C(=O)O. The Kier molecular flexibility index (Phi) is 18.7. The van der Waals surface area contributed by atoms with Gasteiger partial charge in [-0.3, -0.25) is 38.4 Å². The first-order valence-electron chi connectivity index (χ1n) is 17.3. The molecule has 0 radical (unpaired) electrons. The van der Waals surface area contributed by atoms with Gasteiger partial charge in [0.1, 0.15) is 36.3 Å². The summed E-state index contributed by atoms with van der Waals surface area (Å²) in [6, 6.07) is 1.63. The molecule has 0 spiro atoms. The first-order chi connectivity index (χ1) is 25.1. The van der Waals surface area contributed by atoms with Crippen molar-refractivity contribution < 1.29 is 48.6 Å². The largest absolute Gasteiger partial charge is 0.480 e. The summed E-state index contributed by atoms with van der Waals surface area (Å²) in [6.07, 6.45) is 2.61. The molecule has 53 heavy (non-hydrogen) atoms. The molecular weight excluding hydrogens is 712 g/mol. The minimum absolute atomic E-state index is 0.0449. The Hall–Kier alpha value is -4.75. The zero-order chi connectivity index (χ0) is 39.7. The molecule has 7 amide bonds. The van der Waals surface area contributed by atoms with Crippen LogP contribution < -0.4 is 37.6 Å². The normalized spacial score (nSPS) is 16.7. The lowest BCUT2D eigenvalue weighted by atomic mass is 10.0. The van der Waals surface area contributed by atoms with Gasteiger partial charge >= 0.3 is 5.97 Å². The van der Waals surface area contributed by atoms with Gasteiger partial charge < -0.3 is 52.7 Å². The number of aliphatic hydroxyl groups excluding tert-OH is 1. The number of carboxylic acids is 1. The number of benzene rings is 1. The molecule has 10 N–H and O–H groups in total. The number of aliphatic hydroxyl groups is 1. The van der Waals surface area contributed by atoms with Crippen molar-refractivity contribution in [3.63, 3.8) is 0 Å². The average molecular weight is 765 g/mol.